The SMILES string of the molecule is COC(C)(C)CCOc1c(C(=O)O)nnc2ccccc12. The molecule has 1 N–H and O–H groups in total. The molecule has 0 bridgehead atoms. The molecule has 0 atom stereocenters. The van der Waals surface area contributed by atoms with E-state index in [1.807, 2.05) is 26.0 Å². The number of carboxylic acid groups (broad SMARTS) is 1. The first-order valence-corrected chi connectivity index (χ1v) is 6.61. The number of aromatic nitrogens is 2. The number of carboxylic acids is 1. The Morgan fingerprint density at radius 2 is 2.00 bits per heavy atom. The van der Waals surface area contributed by atoms with Crippen molar-refractivity contribution in [3.63, 3.8) is 0 Å². The topological polar surface area (TPSA) is 81.5 Å². The third-order valence-electron chi connectivity index (χ3n) is 3.33. The second-order valence-electron chi connectivity index (χ2n) is 5.26. The molecule has 1 aromatic heterocycles. The standard InChI is InChI=1S/C15H18N2O4/c1-15(2,20-3)8-9-21-13-10-6-4-5-7-11(10)16-17-12(13)14(18)19/h4-7H,8-9H2,1-3H3,(H,18,19). The monoisotopic (exact) mass is 290 g/mol. The fourth-order valence-electron chi connectivity index (χ4n) is 1.82. The number of hydrogen-bond donors (Lipinski definition) is 1. The summed E-state index contributed by atoms with van der Waals surface area (Å²) in [5.74, 6) is -0.908. The molecule has 2 aromatic rings. The van der Waals surface area contributed by atoms with Gasteiger partial charge in [0.05, 0.1) is 17.7 Å². The summed E-state index contributed by atoms with van der Waals surface area (Å²) in [6.45, 7) is 4.21. The van der Waals surface area contributed by atoms with Crippen molar-refractivity contribution in [2.45, 2.75) is 25.9 Å². The highest BCUT2D eigenvalue weighted by molar-refractivity contribution is 5.96. The van der Waals surface area contributed by atoms with Crippen LogP contribution in [-0.2, 0) is 4.74 Å². The van der Waals surface area contributed by atoms with E-state index < -0.39 is 5.97 Å². The number of hydrogen-bond acceptors (Lipinski definition) is 5. The number of rotatable bonds is 6. The van der Waals surface area contributed by atoms with Gasteiger partial charge in [0.25, 0.3) is 0 Å². The minimum absolute atomic E-state index is 0.177. The molecule has 0 aliphatic heterocycles. The first kappa shape index (κ1) is 15.2. The van der Waals surface area contributed by atoms with Crippen LogP contribution in [0.15, 0.2) is 24.3 Å². The third kappa shape index (κ3) is 3.46. The van der Waals surface area contributed by atoms with Crippen LogP contribution in [0, 0.1) is 0 Å². The quantitative estimate of drug-likeness (QED) is 0.880. The molecular formula is C15H18N2O4. The Labute approximate surface area is 122 Å². The Bertz CT molecular complexity index is 655. The molecule has 0 aliphatic carbocycles. The van der Waals surface area contributed by atoms with Gasteiger partial charge in [0, 0.05) is 18.9 Å². The van der Waals surface area contributed by atoms with Crippen LogP contribution in [0.1, 0.15) is 30.8 Å². The lowest BCUT2D eigenvalue weighted by Crippen LogP contribution is -2.25. The average molecular weight is 290 g/mol. The van der Waals surface area contributed by atoms with Crippen molar-refractivity contribution in [3.8, 4) is 5.75 Å². The average Bonchev–Trinajstić information content (AvgIpc) is 2.47. The van der Waals surface area contributed by atoms with Gasteiger partial charge in [-0.3, -0.25) is 0 Å². The maximum atomic E-state index is 11.3. The Morgan fingerprint density at radius 1 is 1.29 bits per heavy atom. The fraction of sp³-hybridized carbons (Fsp3) is 0.400. The Hall–Kier alpha value is -2.21. The van der Waals surface area contributed by atoms with Crippen LogP contribution in [0.25, 0.3) is 10.9 Å². The lowest BCUT2D eigenvalue weighted by molar-refractivity contribution is 0.00545. The summed E-state index contributed by atoms with van der Waals surface area (Å²) in [5.41, 5.74) is 0.0899. The molecule has 0 fully saturated rings. The molecular weight excluding hydrogens is 272 g/mol. The molecule has 0 unspecified atom stereocenters. The van der Waals surface area contributed by atoms with Gasteiger partial charge in [0.1, 0.15) is 0 Å². The van der Waals surface area contributed by atoms with Crippen LogP contribution in [-0.4, -0.2) is 40.6 Å². The summed E-state index contributed by atoms with van der Waals surface area (Å²) in [6, 6.07) is 7.16. The zero-order valence-electron chi connectivity index (χ0n) is 12.3. The van der Waals surface area contributed by atoms with Gasteiger partial charge >= 0.3 is 5.97 Å². The second kappa shape index (κ2) is 6.05. The number of ether oxygens (including phenoxy) is 2. The van der Waals surface area contributed by atoms with Crippen molar-refractivity contribution in [2.75, 3.05) is 13.7 Å². The van der Waals surface area contributed by atoms with E-state index in [0.29, 0.717) is 23.9 Å². The van der Waals surface area contributed by atoms with Crippen LogP contribution < -0.4 is 4.74 Å². The normalized spacial score (nSPS) is 11.6. The van der Waals surface area contributed by atoms with Gasteiger partial charge in [-0.1, -0.05) is 12.1 Å². The number of aromatic carboxylic acids is 1. The minimum atomic E-state index is -1.16. The van der Waals surface area contributed by atoms with Crippen molar-refractivity contribution < 1.29 is 19.4 Å². The molecule has 0 saturated heterocycles. The highest BCUT2D eigenvalue weighted by atomic mass is 16.5. The van der Waals surface area contributed by atoms with E-state index in [4.69, 9.17) is 9.47 Å². The lowest BCUT2D eigenvalue weighted by atomic mass is 10.1. The maximum Gasteiger partial charge on any atom is 0.360 e. The van der Waals surface area contributed by atoms with Gasteiger partial charge in [-0.2, -0.15) is 0 Å². The summed E-state index contributed by atoms with van der Waals surface area (Å²) in [7, 11) is 1.63. The van der Waals surface area contributed by atoms with Crippen LogP contribution in [0.2, 0.25) is 0 Å². The van der Waals surface area contributed by atoms with Crippen LogP contribution in [0.4, 0.5) is 0 Å². The van der Waals surface area contributed by atoms with E-state index in [1.54, 1.807) is 19.2 Å². The first-order chi connectivity index (χ1) is 9.94. The zero-order chi connectivity index (χ0) is 15.5. The number of carbonyl (C=O) groups is 1. The van der Waals surface area contributed by atoms with E-state index >= 15 is 0 Å². The zero-order valence-corrected chi connectivity index (χ0v) is 12.3. The second-order valence-corrected chi connectivity index (χ2v) is 5.26. The number of fused-ring (bicyclic) bond motifs is 1. The number of nitrogens with zero attached hydrogens (tertiary/aromatic N) is 2. The molecule has 112 valence electrons. The van der Waals surface area contributed by atoms with E-state index in [-0.39, 0.29) is 17.0 Å². The molecule has 6 nitrogen and oxygen atoms in total. The summed E-state index contributed by atoms with van der Waals surface area (Å²) < 4.78 is 11.0. The van der Waals surface area contributed by atoms with Crippen LogP contribution >= 0.6 is 0 Å². The molecule has 6 heteroatoms. The van der Waals surface area contributed by atoms with Crippen molar-refractivity contribution in [2.24, 2.45) is 0 Å². The van der Waals surface area contributed by atoms with E-state index in [9.17, 15) is 9.90 Å². The highest BCUT2D eigenvalue weighted by Gasteiger charge is 2.20. The summed E-state index contributed by atoms with van der Waals surface area (Å²) in [4.78, 5) is 11.3. The van der Waals surface area contributed by atoms with Gasteiger partial charge in [-0.05, 0) is 26.0 Å². The summed E-state index contributed by atoms with van der Waals surface area (Å²) >= 11 is 0. The molecule has 0 amide bonds. The van der Waals surface area contributed by atoms with E-state index in [2.05, 4.69) is 10.2 Å². The van der Waals surface area contributed by atoms with Crippen LogP contribution in [0.5, 0.6) is 5.75 Å². The first-order valence-electron chi connectivity index (χ1n) is 6.61. The predicted octanol–water partition coefficient (Wildman–Crippen LogP) is 2.52. The molecule has 0 radical (unpaired) electrons. The van der Waals surface area contributed by atoms with Crippen molar-refractivity contribution in [1.29, 1.82) is 0 Å². The summed E-state index contributed by atoms with van der Waals surface area (Å²) in [5, 5.41) is 17.5. The van der Waals surface area contributed by atoms with E-state index in [0.717, 1.165) is 0 Å². The molecule has 0 spiro atoms. The lowest BCUT2D eigenvalue weighted by Gasteiger charge is -2.23. The largest absolute Gasteiger partial charge is 0.490 e. The van der Waals surface area contributed by atoms with Gasteiger partial charge in [-0.15, -0.1) is 10.2 Å². The number of benzene rings is 1. The van der Waals surface area contributed by atoms with Crippen molar-refractivity contribution in [3.05, 3.63) is 30.0 Å². The van der Waals surface area contributed by atoms with Crippen molar-refractivity contribution in [1.82, 2.24) is 10.2 Å². The maximum absolute atomic E-state index is 11.3. The smallest absolute Gasteiger partial charge is 0.360 e. The van der Waals surface area contributed by atoms with Gasteiger partial charge < -0.3 is 14.6 Å². The van der Waals surface area contributed by atoms with Crippen LogP contribution in [0.3, 0.4) is 0 Å². The third-order valence-corrected chi connectivity index (χ3v) is 3.33. The van der Waals surface area contributed by atoms with Crippen molar-refractivity contribution >= 4 is 16.9 Å². The number of methoxy groups -OCH3 is 1. The molecule has 0 aliphatic rings. The fourth-order valence-corrected chi connectivity index (χ4v) is 1.82. The molecule has 21 heavy (non-hydrogen) atoms. The molecule has 1 heterocycles. The molecule has 1 aromatic carbocycles. The molecule has 0 saturated carbocycles. The highest BCUT2D eigenvalue weighted by Crippen LogP contribution is 2.27. The van der Waals surface area contributed by atoms with Gasteiger partial charge in [0.2, 0.25) is 5.69 Å². The van der Waals surface area contributed by atoms with Gasteiger partial charge in [0.15, 0.2) is 5.75 Å². The summed E-state index contributed by atoms with van der Waals surface area (Å²) in [6.07, 6.45) is 0.624. The predicted molar refractivity (Wildman–Crippen MR) is 77.7 cm³/mol. The Balaban J connectivity index is 2.32. The van der Waals surface area contributed by atoms with E-state index in [1.165, 1.54) is 0 Å². The molecule has 2 rings (SSSR count). The Morgan fingerprint density at radius 3 is 2.67 bits per heavy atom. The minimum Gasteiger partial charge on any atom is -0.490 e. The van der Waals surface area contributed by atoms with Gasteiger partial charge in [-0.25, -0.2) is 4.79 Å². The Kier molecular flexibility index (Phi) is 4.37.